The van der Waals surface area contributed by atoms with Gasteiger partial charge in [0.2, 0.25) is 15.9 Å². The molecule has 0 aliphatic rings. The molecule has 1 amide bonds. The normalized spacial score (nSPS) is 11.4. The summed E-state index contributed by atoms with van der Waals surface area (Å²) in [5.74, 6) is -0.0252. The van der Waals surface area contributed by atoms with Gasteiger partial charge in [-0.15, -0.1) is 0 Å². The molecule has 0 spiro atoms. The van der Waals surface area contributed by atoms with Crippen molar-refractivity contribution in [3.8, 4) is 6.07 Å². The maximum absolute atomic E-state index is 12.7. The summed E-state index contributed by atoms with van der Waals surface area (Å²) in [6, 6.07) is 13.8. The SMILES string of the molecule is CCN(CCc1ccc(C#N)cc1)C(=O)CCCN(C)S(=O)(=O)c1cccc(Cl)c1Cl. The highest BCUT2D eigenvalue weighted by molar-refractivity contribution is 7.89. The minimum absolute atomic E-state index is 0.00736. The summed E-state index contributed by atoms with van der Waals surface area (Å²) in [6.07, 6.45) is 1.32. The van der Waals surface area contributed by atoms with Gasteiger partial charge in [-0.3, -0.25) is 4.79 Å². The van der Waals surface area contributed by atoms with Crippen molar-refractivity contribution in [2.24, 2.45) is 0 Å². The Morgan fingerprint density at radius 3 is 2.39 bits per heavy atom. The number of carbonyl (C=O) groups is 1. The number of hydrogen-bond acceptors (Lipinski definition) is 4. The monoisotopic (exact) mass is 481 g/mol. The maximum atomic E-state index is 12.7. The summed E-state index contributed by atoms with van der Waals surface area (Å²) in [5.41, 5.74) is 1.65. The first-order chi connectivity index (χ1) is 14.7. The Hall–Kier alpha value is -2.11. The molecule has 0 saturated heterocycles. The number of halogens is 2. The van der Waals surface area contributed by atoms with Gasteiger partial charge in [-0.25, -0.2) is 12.7 Å². The lowest BCUT2D eigenvalue weighted by Gasteiger charge is -2.22. The number of hydrogen-bond donors (Lipinski definition) is 0. The molecule has 0 heterocycles. The van der Waals surface area contributed by atoms with Crippen LogP contribution in [-0.4, -0.2) is 50.2 Å². The molecule has 0 saturated carbocycles. The van der Waals surface area contributed by atoms with E-state index in [4.69, 9.17) is 28.5 Å². The van der Waals surface area contributed by atoms with Gasteiger partial charge < -0.3 is 4.90 Å². The van der Waals surface area contributed by atoms with E-state index < -0.39 is 10.0 Å². The summed E-state index contributed by atoms with van der Waals surface area (Å²) >= 11 is 12.0. The van der Waals surface area contributed by atoms with Crippen LogP contribution in [0.4, 0.5) is 0 Å². The van der Waals surface area contributed by atoms with Crippen molar-refractivity contribution >= 4 is 39.1 Å². The minimum Gasteiger partial charge on any atom is -0.343 e. The summed E-state index contributed by atoms with van der Waals surface area (Å²) in [5, 5.41) is 9.03. The maximum Gasteiger partial charge on any atom is 0.244 e. The molecule has 0 N–H and O–H groups in total. The van der Waals surface area contributed by atoms with E-state index in [1.54, 1.807) is 17.0 Å². The van der Waals surface area contributed by atoms with Crippen molar-refractivity contribution in [3.05, 3.63) is 63.6 Å². The predicted molar refractivity (Wildman–Crippen MR) is 123 cm³/mol. The van der Waals surface area contributed by atoms with Crippen molar-refractivity contribution in [1.82, 2.24) is 9.21 Å². The lowest BCUT2D eigenvalue weighted by atomic mass is 10.1. The quantitative estimate of drug-likeness (QED) is 0.504. The third-order valence-corrected chi connectivity index (χ3v) is 7.79. The fraction of sp³-hybridized carbons (Fsp3) is 0.364. The largest absolute Gasteiger partial charge is 0.343 e. The third-order valence-electron chi connectivity index (χ3n) is 4.96. The molecular formula is C22H25Cl2N3O3S. The number of sulfonamides is 1. The van der Waals surface area contributed by atoms with Gasteiger partial charge in [0.25, 0.3) is 0 Å². The zero-order valence-electron chi connectivity index (χ0n) is 17.5. The fourth-order valence-electron chi connectivity index (χ4n) is 3.05. The van der Waals surface area contributed by atoms with Gasteiger partial charge in [0, 0.05) is 33.1 Å². The highest BCUT2D eigenvalue weighted by Gasteiger charge is 2.24. The Morgan fingerprint density at radius 2 is 1.77 bits per heavy atom. The first kappa shape index (κ1) is 25.2. The lowest BCUT2D eigenvalue weighted by Crippen LogP contribution is -2.34. The van der Waals surface area contributed by atoms with Crippen molar-refractivity contribution in [1.29, 1.82) is 5.26 Å². The molecular weight excluding hydrogens is 457 g/mol. The van der Waals surface area contributed by atoms with Crippen LogP contribution in [0.15, 0.2) is 47.4 Å². The number of likely N-dealkylation sites (N-methyl/N-ethyl adjacent to an activating group) is 1. The Bertz CT molecular complexity index is 1050. The number of nitriles is 1. The number of amides is 1. The van der Waals surface area contributed by atoms with Crippen LogP contribution in [0.3, 0.4) is 0 Å². The number of nitrogens with zero attached hydrogens (tertiary/aromatic N) is 3. The van der Waals surface area contributed by atoms with Crippen molar-refractivity contribution in [2.75, 3.05) is 26.7 Å². The van der Waals surface area contributed by atoms with Crippen LogP contribution in [0.2, 0.25) is 10.0 Å². The van der Waals surface area contributed by atoms with Crippen LogP contribution in [-0.2, 0) is 21.2 Å². The molecule has 166 valence electrons. The zero-order chi connectivity index (χ0) is 23.0. The molecule has 2 rings (SSSR count). The Balaban J connectivity index is 1.88. The predicted octanol–water partition coefficient (Wildman–Crippen LogP) is 4.36. The van der Waals surface area contributed by atoms with E-state index in [2.05, 4.69) is 6.07 Å². The van der Waals surface area contributed by atoms with Crippen LogP contribution in [0.5, 0.6) is 0 Å². The standard InChI is InChI=1S/C22H25Cl2N3O3S/c1-3-27(15-13-17-9-11-18(16-25)12-10-17)21(28)8-5-14-26(2)31(29,30)20-7-4-6-19(23)22(20)24/h4,6-7,9-12H,3,5,8,13-15H2,1-2H3. The van der Waals surface area contributed by atoms with Crippen molar-refractivity contribution in [3.63, 3.8) is 0 Å². The van der Waals surface area contributed by atoms with Gasteiger partial charge in [-0.1, -0.05) is 41.4 Å². The Morgan fingerprint density at radius 1 is 1.10 bits per heavy atom. The van der Waals surface area contributed by atoms with E-state index in [9.17, 15) is 13.2 Å². The van der Waals surface area contributed by atoms with Crippen molar-refractivity contribution < 1.29 is 13.2 Å². The number of benzene rings is 2. The van der Waals surface area contributed by atoms with Crippen LogP contribution in [0.1, 0.15) is 30.9 Å². The van der Waals surface area contributed by atoms with E-state index in [0.29, 0.717) is 31.5 Å². The van der Waals surface area contributed by atoms with E-state index >= 15 is 0 Å². The minimum atomic E-state index is -3.80. The molecule has 0 atom stereocenters. The molecule has 0 aromatic heterocycles. The fourth-order valence-corrected chi connectivity index (χ4v) is 4.99. The average Bonchev–Trinajstić information content (AvgIpc) is 2.76. The molecule has 2 aromatic rings. The van der Waals surface area contributed by atoms with E-state index in [0.717, 1.165) is 5.56 Å². The van der Waals surface area contributed by atoms with Gasteiger partial charge in [0.1, 0.15) is 4.90 Å². The highest BCUT2D eigenvalue weighted by Crippen LogP contribution is 2.30. The molecule has 2 aromatic carbocycles. The zero-order valence-corrected chi connectivity index (χ0v) is 19.8. The van der Waals surface area contributed by atoms with Gasteiger partial charge in [0.15, 0.2) is 0 Å². The molecule has 9 heteroatoms. The second kappa shape index (κ2) is 11.5. The summed E-state index contributed by atoms with van der Waals surface area (Å²) in [7, 11) is -2.34. The summed E-state index contributed by atoms with van der Waals surface area (Å²) in [4.78, 5) is 14.3. The smallest absolute Gasteiger partial charge is 0.244 e. The summed E-state index contributed by atoms with van der Waals surface area (Å²) < 4.78 is 26.7. The van der Waals surface area contributed by atoms with Gasteiger partial charge in [-0.05, 0) is 49.6 Å². The van der Waals surface area contributed by atoms with Crippen LogP contribution in [0, 0.1) is 11.3 Å². The molecule has 6 nitrogen and oxygen atoms in total. The van der Waals surface area contributed by atoms with E-state index in [1.807, 2.05) is 19.1 Å². The van der Waals surface area contributed by atoms with Gasteiger partial charge in [0.05, 0.1) is 21.7 Å². The molecule has 0 radical (unpaired) electrons. The topological polar surface area (TPSA) is 81.5 Å². The Kier molecular flexibility index (Phi) is 9.32. The van der Waals surface area contributed by atoms with Crippen LogP contribution in [0.25, 0.3) is 0 Å². The first-order valence-corrected chi connectivity index (χ1v) is 12.1. The molecule has 0 aliphatic heterocycles. The Labute approximate surface area is 194 Å². The summed E-state index contributed by atoms with van der Waals surface area (Å²) in [6.45, 7) is 3.23. The molecule has 0 bridgehead atoms. The highest BCUT2D eigenvalue weighted by atomic mass is 35.5. The second-order valence-corrected chi connectivity index (χ2v) is 9.81. The van der Waals surface area contributed by atoms with E-state index in [1.165, 1.54) is 29.6 Å². The van der Waals surface area contributed by atoms with Gasteiger partial charge in [-0.2, -0.15) is 5.26 Å². The van der Waals surface area contributed by atoms with E-state index in [-0.39, 0.29) is 33.8 Å². The van der Waals surface area contributed by atoms with Crippen LogP contribution >= 0.6 is 23.2 Å². The second-order valence-electron chi connectivity index (χ2n) is 7.01. The van der Waals surface area contributed by atoms with Crippen LogP contribution < -0.4 is 0 Å². The number of carbonyl (C=O) groups excluding carboxylic acids is 1. The average molecular weight is 482 g/mol. The van der Waals surface area contributed by atoms with Crippen molar-refractivity contribution in [2.45, 2.75) is 31.1 Å². The molecule has 0 aliphatic carbocycles. The number of rotatable bonds is 10. The van der Waals surface area contributed by atoms with Gasteiger partial charge >= 0.3 is 0 Å². The lowest BCUT2D eigenvalue weighted by molar-refractivity contribution is -0.131. The molecule has 0 unspecified atom stereocenters. The third kappa shape index (κ3) is 6.68. The first-order valence-electron chi connectivity index (χ1n) is 9.87. The molecule has 31 heavy (non-hydrogen) atoms. The molecule has 0 fully saturated rings.